The minimum atomic E-state index is 0.00748. The van der Waals surface area contributed by atoms with Crippen LogP contribution >= 0.6 is 0 Å². The molecule has 2 atom stereocenters. The van der Waals surface area contributed by atoms with Crippen LogP contribution < -0.4 is 5.32 Å². The van der Waals surface area contributed by atoms with Gasteiger partial charge in [-0.15, -0.1) is 0 Å². The fourth-order valence-corrected chi connectivity index (χ4v) is 3.95. The largest absolute Gasteiger partial charge is 0.424 e. The van der Waals surface area contributed by atoms with Crippen molar-refractivity contribution in [3.05, 3.63) is 41.2 Å². The molecule has 2 aromatic heterocycles. The van der Waals surface area contributed by atoms with Crippen LogP contribution in [0.25, 0.3) is 11.1 Å². The van der Waals surface area contributed by atoms with Gasteiger partial charge in [-0.05, 0) is 26.0 Å². The zero-order valence-corrected chi connectivity index (χ0v) is 15.5. The van der Waals surface area contributed by atoms with Gasteiger partial charge in [0.05, 0.1) is 11.7 Å². The van der Waals surface area contributed by atoms with E-state index in [4.69, 9.17) is 4.42 Å². The normalized spacial score (nSPS) is 20.3. The first-order valence-electron chi connectivity index (χ1n) is 8.81. The second kappa shape index (κ2) is 6.16. The highest BCUT2D eigenvalue weighted by molar-refractivity contribution is 5.79. The molecule has 3 heterocycles. The molecule has 0 bridgehead atoms. The van der Waals surface area contributed by atoms with Gasteiger partial charge >= 0.3 is 0 Å². The Morgan fingerprint density at radius 2 is 2.04 bits per heavy atom. The zero-order valence-electron chi connectivity index (χ0n) is 15.5. The Hall–Kier alpha value is -2.83. The molecule has 1 amide bonds. The third kappa shape index (κ3) is 2.64. The van der Waals surface area contributed by atoms with Gasteiger partial charge in [-0.3, -0.25) is 9.48 Å². The average molecular weight is 353 g/mol. The fourth-order valence-electron chi connectivity index (χ4n) is 3.95. The van der Waals surface area contributed by atoms with Gasteiger partial charge in [-0.2, -0.15) is 10.1 Å². The van der Waals surface area contributed by atoms with Crippen LogP contribution in [-0.2, 0) is 11.8 Å². The van der Waals surface area contributed by atoms with Crippen molar-refractivity contribution in [1.82, 2.24) is 19.7 Å². The van der Waals surface area contributed by atoms with Crippen LogP contribution in [0.4, 0.5) is 6.01 Å². The molecule has 0 aliphatic carbocycles. The summed E-state index contributed by atoms with van der Waals surface area (Å²) in [6.07, 6.45) is 0.502. The van der Waals surface area contributed by atoms with Gasteiger partial charge in [0.2, 0.25) is 5.91 Å². The molecule has 1 N–H and O–H groups in total. The molecule has 26 heavy (non-hydrogen) atoms. The number of nitrogens with one attached hydrogen (secondary N) is 1. The third-order valence-corrected chi connectivity index (χ3v) is 5.36. The molecule has 1 aliphatic heterocycles. The van der Waals surface area contributed by atoms with E-state index in [2.05, 4.69) is 22.3 Å². The van der Waals surface area contributed by atoms with E-state index in [1.54, 1.807) is 0 Å². The SMILES string of the molecule is Cc1nn(C)c(C)c1[C@H]1[C@H](CNc2nc3ccccc3o2)CC(=O)N1C. The van der Waals surface area contributed by atoms with Crippen molar-refractivity contribution in [3.8, 4) is 0 Å². The summed E-state index contributed by atoms with van der Waals surface area (Å²) < 4.78 is 7.62. The predicted octanol–water partition coefficient (Wildman–Crippen LogP) is 2.81. The van der Waals surface area contributed by atoms with E-state index in [1.807, 2.05) is 54.9 Å². The van der Waals surface area contributed by atoms with E-state index < -0.39 is 0 Å². The molecular formula is C19H23N5O2. The first-order valence-corrected chi connectivity index (χ1v) is 8.81. The average Bonchev–Trinajstić information content (AvgIpc) is 3.22. The predicted molar refractivity (Wildman–Crippen MR) is 98.8 cm³/mol. The summed E-state index contributed by atoms with van der Waals surface area (Å²) in [5, 5.41) is 7.80. The molecule has 1 aromatic carbocycles. The molecule has 0 radical (unpaired) electrons. The Morgan fingerprint density at radius 1 is 1.27 bits per heavy atom. The number of aromatic nitrogens is 3. The van der Waals surface area contributed by atoms with Gasteiger partial charge < -0.3 is 14.6 Å². The molecule has 1 saturated heterocycles. The summed E-state index contributed by atoms with van der Waals surface area (Å²) in [6, 6.07) is 8.17. The Morgan fingerprint density at radius 3 is 2.73 bits per heavy atom. The van der Waals surface area contributed by atoms with Crippen LogP contribution in [0.3, 0.4) is 0 Å². The maximum atomic E-state index is 12.4. The molecule has 0 unspecified atom stereocenters. The lowest BCUT2D eigenvalue weighted by molar-refractivity contribution is -0.127. The number of aryl methyl sites for hydroxylation is 2. The number of carbonyl (C=O) groups excluding carboxylic acids is 1. The van der Waals surface area contributed by atoms with Crippen molar-refractivity contribution in [3.63, 3.8) is 0 Å². The zero-order chi connectivity index (χ0) is 18.4. The highest BCUT2D eigenvalue weighted by Gasteiger charge is 2.41. The molecule has 136 valence electrons. The van der Waals surface area contributed by atoms with Crippen LogP contribution in [0.5, 0.6) is 0 Å². The van der Waals surface area contributed by atoms with Crippen LogP contribution in [0, 0.1) is 19.8 Å². The summed E-state index contributed by atoms with van der Waals surface area (Å²) >= 11 is 0. The molecule has 7 heteroatoms. The number of hydrogen-bond donors (Lipinski definition) is 1. The van der Waals surface area contributed by atoms with E-state index in [-0.39, 0.29) is 17.9 Å². The number of likely N-dealkylation sites (tertiary alicyclic amines) is 1. The standard InChI is InChI=1S/C19H23N5O2/c1-11-17(12(2)24(4)22-11)18-13(9-16(25)23(18)3)10-20-19-21-14-7-5-6-8-15(14)26-19/h5-8,13,18H,9-10H2,1-4H3,(H,20,21)/t13-,18+/m0/s1. The third-order valence-electron chi connectivity index (χ3n) is 5.36. The number of nitrogens with zero attached hydrogens (tertiary/aromatic N) is 4. The van der Waals surface area contributed by atoms with E-state index in [0.29, 0.717) is 19.0 Å². The van der Waals surface area contributed by atoms with Crippen LogP contribution in [0.1, 0.15) is 29.4 Å². The van der Waals surface area contributed by atoms with E-state index >= 15 is 0 Å². The molecule has 3 aromatic rings. The lowest BCUT2D eigenvalue weighted by Crippen LogP contribution is -2.27. The molecular weight excluding hydrogens is 330 g/mol. The summed E-state index contributed by atoms with van der Waals surface area (Å²) in [5.74, 6) is 0.283. The number of hydrogen-bond acceptors (Lipinski definition) is 5. The maximum absolute atomic E-state index is 12.4. The van der Waals surface area contributed by atoms with Crippen molar-refractivity contribution in [2.75, 3.05) is 18.9 Å². The first kappa shape index (κ1) is 16.6. The van der Waals surface area contributed by atoms with Crippen LogP contribution in [0.2, 0.25) is 0 Å². The highest BCUT2D eigenvalue weighted by Crippen LogP contribution is 2.39. The smallest absolute Gasteiger partial charge is 0.295 e. The second-order valence-corrected chi connectivity index (χ2v) is 6.99. The van der Waals surface area contributed by atoms with Gasteiger partial charge in [0.1, 0.15) is 5.52 Å². The Balaban J connectivity index is 1.58. The van der Waals surface area contributed by atoms with E-state index in [9.17, 15) is 4.79 Å². The van der Waals surface area contributed by atoms with E-state index in [1.165, 1.54) is 0 Å². The minimum absolute atomic E-state index is 0.00748. The van der Waals surface area contributed by atoms with Crippen molar-refractivity contribution in [2.45, 2.75) is 26.3 Å². The number of para-hydroxylation sites is 2. The lowest BCUT2D eigenvalue weighted by atomic mass is 9.92. The highest BCUT2D eigenvalue weighted by atomic mass is 16.4. The minimum Gasteiger partial charge on any atom is -0.424 e. The summed E-state index contributed by atoms with van der Waals surface area (Å²) in [5.41, 5.74) is 4.80. The Kier molecular flexibility index (Phi) is 3.94. The molecule has 1 aliphatic rings. The number of benzene rings is 1. The van der Waals surface area contributed by atoms with Gasteiger partial charge in [0, 0.05) is 44.2 Å². The number of amides is 1. The molecule has 0 saturated carbocycles. The molecule has 1 fully saturated rings. The van der Waals surface area contributed by atoms with Gasteiger partial charge in [0.15, 0.2) is 5.58 Å². The maximum Gasteiger partial charge on any atom is 0.295 e. The van der Waals surface area contributed by atoms with Crippen LogP contribution in [-0.4, -0.2) is 39.2 Å². The number of carbonyl (C=O) groups is 1. The van der Waals surface area contributed by atoms with Gasteiger partial charge in [-0.25, -0.2) is 0 Å². The van der Waals surface area contributed by atoms with Crippen molar-refractivity contribution >= 4 is 23.0 Å². The molecule has 4 rings (SSSR count). The van der Waals surface area contributed by atoms with E-state index in [0.717, 1.165) is 28.1 Å². The monoisotopic (exact) mass is 353 g/mol. The first-order chi connectivity index (χ1) is 12.5. The number of fused-ring (bicyclic) bond motifs is 1. The summed E-state index contributed by atoms with van der Waals surface area (Å²) in [4.78, 5) is 18.7. The lowest BCUT2D eigenvalue weighted by Gasteiger charge is -2.25. The van der Waals surface area contributed by atoms with Crippen molar-refractivity contribution in [2.24, 2.45) is 13.0 Å². The topological polar surface area (TPSA) is 76.2 Å². The number of oxazole rings is 1. The Bertz CT molecular complexity index is 941. The van der Waals surface area contributed by atoms with Gasteiger partial charge in [-0.1, -0.05) is 12.1 Å². The number of rotatable bonds is 4. The van der Waals surface area contributed by atoms with Crippen LogP contribution in [0.15, 0.2) is 28.7 Å². The Labute approximate surface area is 152 Å². The summed E-state index contributed by atoms with van der Waals surface area (Å²) in [6.45, 7) is 4.67. The second-order valence-electron chi connectivity index (χ2n) is 6.99. The van der Waals surface area contributed by atoms with Crippen molar-refractivity contribution < 1.29 is 9.21 Å². The fraction of sp³-hybridized carbons (Fsp3) is 0.421. The van der Waals surface area contributed by atoms with Crippen molar-refractivity contribution in [1.29, 1.82) is 0 Å². The number of anilines is 1. The van der Waals surface area contributed by atoms with Gasteiger partial charge in [0.25, 0.3) is 6.01 Å². The quantitative estimate of drug-likeness (QED) is 0.780. The molecule has 7 nitrogen and oxygen atoms in total. The summed E-state index contributed by atoms with van der Waals surface area (Å²) in [7, 11) is 3.81. The molecule has 0 spiro atoms.